The molecule has 2 nitrogen and oxygen atoms in total. The predicted molar refractivity (Wildman–Crippen MR) is 73.0 cm³/mol. The van der Waals surface area contributed by atoms with Gasteiger partial charge in [-0.3, -0.25) is 0 Å². The highest BCUT2D eigenvalue weighted by molar-refractivity contribution is 9.10. The molecule has 0 radical (unpaired) electrons. The highest BCUT2D eigenvalue weighted by atomic mass is 79.9. The van der Waals surface area contributed by atoms with Gasteiger partial charge in [0.2, 0.25) is 0 Å². The van der Waals surface area contributed by atoms with Gasteiger partial charge in [0.05, 0.1) is 17.6 Å². The molecule has 0 aromatic heterocycles. The maximum Gasteiger partial charge on any atom is 0.141 e. The highest BCUT2D eigenvalue weighted by Crippen LogP contribution is 2.33. The molecular weight excluding hydrogens is 335 g/mol. The van der Waals surface area contributed by atoms with E-state index in [-0.39, 0.29) is 15.8 Å². The molecule has 20 heavy (non-hydrogen) atoms. The molecular formula is C14H11BrF3NO. The predicted octanol–water partition coefficient (Wildman–Crippen LogP) is 3.92. The number of methoxy groups -OCH3 is 1. The normalized spacial score (nSPS) is 12.3. The topological polar surface area (TPSA) is 35.2 Å². The van der Waals surface area contributed by atoms with Crippen molar-refractivity contribution in [2.24, 2.45) is 5.73 Å². The average molecular weight is 346 g/mol. The van der Waals surface area contributed by atoms with Crippen LogP contribution in [0.25, 0.3) is 0 Å². The number of ether oxygens (including phenoxy) is 1. The fourth-order valence-corrected chi connectivity index (χ4v) is 2.25. The summed E-state index contributed by atoms with van der Waals surface area (Å²) < 4.78 is 45.4. The Morgan fingerprint density at radius 3 is 2.35 bits per heavy atom. The van der Waals surface area contributed by atoms with Gasteiger partial charge < -0.3 is 10.5 Å². The SMILES string of the molecule is COc1cc(F)c(Br)cc1C(N)c1ccc(F)cc1F. The van der Waals surface area contributed by atoms with Crippen LogP contribution in [0.4, 0.5) is 13.2 Å². The van der Waals surface area contributed by atoms with Gasteiger partial charge in [0.15, 0.2) is 0 Å². The first kappa shape index (κ1) is 14.9. The van der Waals surface area contributed by atoms with Crippen LogP contribution in [0.15, 0.2) is 34.8 Å². The summed E-state index contributed by atoms with van der Waals surface area (Å²) in [7, 11) is 1.36. The monoisotopic (exact) mass is 345 g/mol. The second-order valence-electron chi connectivity index (χ2n) is 4.15. The molecule has 106 valence electrons. The number of benzene rings is 2. The van der Waals surface area contributed by atoms with Gasteiger partial charge in [-0.2, -0.15) is 0 Å². The van der Waals surface area contributed by atoms with Crippen LogP contribution < -0.4 is 10.5 Å². The van der Waals surface area contributed by atoms with Crippen LogP contribution in [-0.2, 0) is 0 Å². The van der Waals surface area contributed by atoms with E-state index in [2.05, 4.69) is 15.9 Å². The fourth-order valence-electron chi connectivity index (χ4n) is 1.89. The number of rotatable bonds is 3. The fraction of sp³-hybridized carbons (Fsp3) is 0.143. The van der Waals surface area contributed by atoms with E-state index < -0.39 is 23.5 Å². The van der Waals surface area contributed by atoms with Crippen LogP contribution in [0.1, 0.15) is 17.2 Å². The molecule has 0 saturated carbocycles. The lowest BCUT2D eigenvalue weighted by molar-refractivity contribution is 0.403. The molecule has 0 saturated heterocycles. The van der Waals surface area contributed by atoms with Crippen LogP contribution in [0, 0.1) is 17.5 Å². The second-order valence-corrected chi connectivity index (χ2v) is 5.01. The van der Waals surface area contributed by atoms with Gasteiger partial charge in [-0.1, -0.05) is 6.07 Å². The van der Waals surface area contributed by atoms with Crippen molar-refractivity contribution in [3.63, 3.8) is 0 Å². The zero-order chi connectivity index (χ0) is 14.9. The van der Waals surface area contributed by atoms with E-state index >= 15 is 0 Å². The van der Waals surface area contributed by atoms with Gasteiger partial charge in [0.25, 0.3) is 0 Å². The number of nitrogens with two attached hydrogens (primary N) is 1. The zero-order valence-corrected chi connectivity index (χ0v) is 12.0. The first-order chi connectivity index (χ1) is 9.43. The summed E-state index contributed by atoms with van der Waals surface area (Å²) in [6, 6.07) is 4.79. The molecule has 0 spiro atoms. The molecule has 2 N–H and O–H groups in total. The number of hydrogen-bond acceptors (Lipinski definition) is 2. The zero-order valence-electron chi connectivity index (χ0n) is 10.5. The summed E-state index contributed by atoms with van der Waals surface area (Å²) in [6.45, 7) is 0. The van der Waals surface area contributed by atoms with E-state index in [1.165, 1.54) is 19.2 Å². The molecule has 0 fully saturated rings. The largest absolute Gasteiger partial charge is 0.496 e. The Morgan fingerprint density at radius 2 is 1.75 bits per heavy atom. The van der Waals surface area contributed by atoms with Crippen LogP contribution in [0.2, 0.25) is 0 Å². The first-order valence-corrected chi connectivity index (χ1v) is 6.46. The first-order valence-electron chi connectivity index (χ1n) is 5.67. The van der Waals surface area contributed by atoms with Crippen LogP contribution in [0.3, 0.4) is 0 Å². The minimum Gasteiger partial charge on any atom is -0.496 e. The van der Waals surface area contributed by atoms with Crippen LogP contribution >= 0.6 is 15.9 Å². The van der Waals surface area contributed by atoms with E-state index in [0.29, 0.717) is 5.56 Å². The molecule has 6 heteroatoms. The van der Waals surface area contributed by atoms with Crippen molar-refractivity contribution in [3.05, 3.63) is 63.4 Å². The Balaban J connectivity index is 2.52. The molecule has 2 aromatic rings. The Bertz CT molecular complexity index is 649. The molecule has 0 aliphatic rings. The van der Waals surface area contributed by atoms with Crippen LogP contribution in [-0.4, -0.2) is 7.11 Å². The van der Waals surface area contributed by atoms with Crippen molar-refractivity contribution in [1.29, 1.82) is 0 Å². The standard InChI is InChI=1S/C14H11BrF3NO/c1-20-13-6-12(18)10(15)5-9(13)14(19)8-3-2-7(16)4-11(8)17/h2-6,14H,19H2,1H3. The van der Waals surface area contributed by atoms with Crippen molar-refractivity contribution >= 4 is 15.9 Å². The van der Waals surface area contributed by atoms with Crippen molar-refractivity contribution in [2.75, 3.05) is 7.11 Å². The van der Waals surface area contributed by atoms with Crippen molar-refractivity contribution in [1.82, 2.24) is 0 Å². The summed E-state index contributed by atoms with van der Waals surface area (Å²) >= 11 is 3.04. The lowest BCUT2D eigenvalue weighted by Crippen LogP contribution is -2.15. The van der Waals surface area contributed by atoms with E-state index in [1.807, 2.05) is 0 Å². The quantitative estimate of drug-likeness (QED) is 0.914. The molecule has 1 unspecified atom stereocenters. The van der Waals surface area contributed by atoms with Crippen LogP contribution in [0.5, 0.6) is 5.75 Å². The Labute approximate surface area is 122 Å². The summed E-state index contributed by atoms with van der Waals surface area (Å²) in [5.41, 5.74) is 6.47. The third kappa shape index (κ3) is 2.81. The molecule has 0 aliphatic carbocycles. The van der Waals surface area contributed by atoms with E-state index in [9.17, 15) is 13.2 Å². The number of halogens is 4. The van der Waals surface area contributed by atoms with Gasteiger partial charge in [0.1, 0.15) is 23.2 Å². The molecule has 0 heterocycles. The van der Waals surface area contributed by atoms with Gasteiger partial charge in [-0.05, 0) is 28.1 Å². The summed E-state index contributed by atoms with van der Waals surface area (Å²) in [5.74, 6) is -1.77. The Kier molecular flexibility index (Phi) is 4.35. The molecule has 2 aromatic carbocycles. The van der Waals surface area contributed by atoms with Gasteiger partial charge in [-0.15, -0.1) is 0 Å². The van der Waals surface area contributed by atoms with Crippen molar-refractivity contribution in [3.8, 4) is 5.75 Å². The molecule has 0 amide bonds. The molecule has 1 atom stereocenters. The van der Waals surface area contributed by atoms with Crippen molar-refractivity contribution in [2.45, 2.75) is 6.04 Å². The van der Waals surface area contributed by atoms with Crippen molar-refractivity contribution < 1.29 is 17.9 Å². The minimum atomic E-state index is -0.901. The maximum absolute atomic E-state index is 13.8. The van der Waals surface area contributed by atoms with Gasteiger partial charge >= 0.3 is 0 Å². The third-order valence-electron chi connectivity index (χ3n) is 2.91. The average Bonchev–Trinajstić information content (AvgIpc) is 2.40. The third-order valence-corrected chi connectivity index (χ3v) is 3.51. The Hall–Kier alpha value is -1.53. The molecule has 2 rings (SSSR count). The Morgan fingerprint density at radius 1 is 1.05 bits per heavy atom. The highest BCUT2D eigenvalue weighted by Gasteiger charge is 2.20. The molecule has 0 bridgehead atoms. The summed E-state index contributed by atoms with van der Waals surface area (Å²) in [6.07, 6.45) is 0. The van der Waals surface area contributed by atoms with Gasteiger partial charge in [0, 0.05) is 23.3 Å². The van der Waals surface area contributed by atoms with Gasteiger partial charge in [-0.25, -0.2) is 13.2 Å². The molecule has 0 aliphatic heterocycles. The van der Waals surface area contributed by atoms with E-state index in [1.54, 1.807) is 0 Å². The smallest absolute Gasteiger partial charge is 0.141 e. The summed E-state index contributed by atoms with van der Waals surface area (Å²) in [5, 5.41) is 0. The summed E-state index contributed by atoms with van der Waals surface area (Å²) in [4.78, 5) is 0. The number of hydrogen-bond donors (Lipinski definition) is 1. The second kappa shape index (κ2) is 5.85. The minimum absolute atomic E-state index is 0.100. The lowest BCUT2D eigenvalue weighted by Gasteiger charge is -2.17. The maximum atomic E-state index is 13.8. The van der Waals surface area contributed by atoms with E-state index in [0.717, 1.165) is 18.2 Å². The van der Waals surface area contributed by atoms with E-state index in [4.69, 9.17) is 10.5 Å². The lowest BCUT2D eigenvalue weighted by atomic mass is 9.98.